The lowest BCUT2D eigenvalue weighted by Crippen LogP contribution is -2.30. The summed E-state index contributed by atoms with van der Waals surface area (Å²) in [6.45, 7) is 4.28. The summed E-state index contributed by atoms with van der Waals surface area (Å²) in [5.41, 5.74) is 2.20. The molecular weight excluding hydrogens is 336 g/mol. The third-order valence-corrected chi connectivity index (χ3v) is 4.95. The number of nitrogens with zero attached hydrogens (tertiary/aromatic N) is 3. The molecule has 2 heterocycles. The van der Waals surface area contributed by atoms with Crippen molar-refractivity contribution < 1.29 is 9.21 Å². The molecule has 3 rings (SSSR count). The first kappa shape index (κ1) is 17.3. The van der Waals surface area contributed by atoms with Gasteiger partial charge in [-0.05, 0) is 26.0 Å². The van der Waals surface area contributed by atoms with E-state index in [1.165, 1.54) is 17.3 Å². The summed E-state index contributed by atoms with van der Waals surface area (Å²) in [7, 11) is 1.91. The monoisotopic (exact) mass is 356 g/mol. The molecule has 0 spiro atoms. The first-order valence-electron chi connectivity index (χ1n) is 7.98. The summed E-state index contributed by atoms with van der Waals surface area (Å²) >= 11 is 1.38. The maximum Gasteiger partial charge on any atom is 0.233 e. The van der Waals surface area contributed by atoms with E-state index in [9.17, 15) is 4.79 Å². The van der Waals surface area contributed by atoms with Gasteiger partial charge in [0.2, 0.25) is 5.91 Å². The fourth-order valence-electron chi connectivity index (χ4n) is 2.31. The highest BCUT2D eigenvalue weighted by molar-refractivity contribution is 8.00. The molecule has 7 heteroatoms. The molecule has 0 bridgehead atoms. The van der Waals surface area contributed by atoms with Crippen LogP contribution in [0.5, 0.6) is 0 Å². The number of thioether (sulfide) groups is 1. The van der Waals surface area contributed by atoms with Crippen molar-refractivity contribution in [3.8, 4) is 11.4 Å². The highest BCUT2D eigenvalue weighted by Crippen LogP contribution is 2.25. The number of benzene rings is 1. The Balaban J connectivity index is 1.64. The van der Waals surface area contributed by atoms with Crippen molar-refractivity contribution >= 4 is 17.7 Å². The topological polar surface area (TPSA) is 73.0 Å². The lowest BCUT2D eigenvalue weighted by atomic mass is 10.1. The maximum atomic E-state index is 12.2. The van der Waals surface area contributed by atoms with Crippen LogP contribution in [0.2, 0.25) is 0 Å². The zero-order valence-electron chi connectivity index (χ0n) is 14.4. The SMILES string of the molecule is Cc1ccc(-c2nnc(S[C@@H](C)C(=O)NCc3ccco3)n2C)cc1. The molecule has 1 N–H and O–H groups in total. The largest absolute Gasteiger partial charge is 0.467 e. The van der Waals surface area contributed by atoms with Gasteiger partial charge in [-0.15, -0.1) is 10.2 Å². The van der Waals surface area contributed by atoms with Crippen LogP contribution < -0.4 is 5.32 Å². The Kier molecular flexibility index (Phi) is 5.23. The maximum absolute atomic E-state index is 12.2. The molecule has 1 aromatic carbocycles. The Labute approximate surface area is 150 Å². The first-order valence-corrected chi connectivity index (χ1v) is 8.85. The van der Waals surface area contributed by atoms with Crippen molar-refractivity contribution in [2.45, 2.75) is 30.8 Å². The van der Waals surface area contributed by atoms with Gasteiger partial charge in [-0.3, -0.25) is 4.79 Å². The molecule has 130 valence electrons. The van der Waals surface area contributed by atoms with Crippen molar-refractivity contribution in [3.63, 3.8) is 0 Å². The molecule has 2 aromatic heterocycles. The number of aromatic nitrogens is 3. The van der Waals surface area contributed by atoms with Crippen LogP contribution >= 0.6 is 11.8 Å². The zero-order chi connectivity index (χ0) is 17.8. The fraction of sp³-hybridized carbons (Fsp3) is 0.278. The van der Waals surface area contributed by atoms with E-state index in [2.05, 4.69) is 15.5 Å². The number of nitrogens with one attached hydrogen (secondary N) is 1. The van der Waals surface area contributed by atoms with E-state index in [1.807, 2.05) is 55.8 Å². The summed E-state index contributed by atoms with van der Waals surface area (Å²) in [6, 6.07) is 11.8. The highest BCUT2D eigenvalue weighted by atomic mass is 32.2. The number of rotatable bonds is 6. The van der Waals surface area contributed by atoms with Crippen LogP contribution in [0.3, 0.4) is 0 Å². The van der Waals surface area contributed by atoms with Crippen LogP contribution in [-0.4, -0.2) is 25.9 Å². The lowest BCUT2D eigenvalue weighted by Gasteiger charge is -2.11. The zero-order valence-corrected chi connectivity index (χ0v) is 15.2. The van der Waals surface area contributed by atoms with Crippen LogP contribution in [-0.2, 0) is 18.4 Å². The number of carbonyl (C=O) groups excluding carboxylic acids is 1. The molecule has 1 atom stereocenters. The molecule has 0 fully saturated rings. The number of aryl methyl sites for hydroxylation is 1. The average molecular weight is 356 g/mol. The third-order valence-electron chi connectivity index (χ3n) is 3.81. The number of furan rings is 1. The molecule has 0 radical (unpaired) electrons. The predicted molar refractivity (Wildman–Crippen MR) is 97.0 cm³/mol. The van der Waals surface area contributed by atoms with E-state index < -0.39 is 0 Å². The van der Waals surface area contributed by atoms with Crippen molar-refractivity contribution in [1.82, 2.24) is 20.1 Å². The summed E-state index contributed by atoms with van der Waals surface area (Å²) in [5.74, 6) is 1.44. The van der Waals surface area contributed by atoms with Gasteiger partial charge in [-0.1, -0.05) is 41.6 Å². The lowest BCUT2D eigenvalue weighted by molar-refractivity contribution is -0.120. The van der Waals surface area contributed by atoms with Crippen molar-refractivity contribution in [3.05, 3.63) is 54.0 Å². The van der Waals surface area contributed by atoms with Crippen LogP contribution in [0.4, 0.5) is 0 Å². The van der Waals surface area contributed by atoms with E-state index in [-0.39, 0.29) is 11.2 Å². The number of hydrogen-bond acceptors (Lipinski definition) is 5. The van der Waals surface area contributed by atoms with Gasteiger partial charge < -0.3 is 14.3 Å². The van der Waals surface area contributed by atoms with Gasteiger partial charge in [0.25, 0.3) is 0 Å². The first-order chi connectivity index (χ1) is 12.0. The summed E-state index contributed by atoms with van der Waals surface area (Å²) in [6.07, 6.45) is 1.59. The van der Waals surface area contributed by atoms with E-state index >= 15 is 0 Å². The Bertz CT molecular complexity index is 841. The van der Waals surface area contributed by atoms with Gasteiger partial charge in [0.05, 0.1) is 18.1 Å². The molecule has 1 amide bonds. The van der Waals surface area contributed by atoms with Crippen molar-refractivity contribution in [2.75, 3.05) is 0 Å². The van der Waals surface area contributed by atoms with Crippen LogP contribution in [0, 0.1) is 6.92 Å². The number of hydrogen-bond donors (Lipinski definition) is 1. The minimum atomic E-state index is -0.288. The highest BCUT2D eigenvalue weighted by Gasteiger charge is 2.19. The minimum Gasteiger partial charge on any atom is -0.467 e. The molecule has 0 aliphatic heterocycles. The van der Waals surface area contributed by atoms with Crippen LogP contribution in [0.1, 0.15) is 18.2 Å². The second-order valence-corrected chi connectivity index (χ2v) is 7.10. The Hall–Kier alpha value is -2.54. The molecule has 25 heavy (non-hydrogen) atoms. The molecule has 0 saturated carbocycles. The summed E-state index contributed by atoms with van der Waals surface area (Å²) < 4.78 is 7.12. The van der Waals surface area contributed by atoms with E-state index in [0.717, 1.165) is 17.1 Å². The van der Waals surface area contributed by atoms with Crippen LogP contribution in [0.25, 0.3) is 11.4 Å². The number of amides is 1. The predicted octanol–water partition coefficient (Wildman–Crippen LogP) is 3.18. The molecule has 0 aliphatic rings. The molecule has 6 nitrogen and oxygen atoms in total. The van der Waals surface area contributed by atoms with Gasteiger partial charge in [-0.2, -0.15) is 0 Å². The average Bonchev–Trinajstić information content (AvgIpc) is 3.24. The van der Waals surface area contributed by atoms with Crippen LogP contribution in [0.15, 0.2) is 52.2 Å². The van der Waals surface area contributed by atoms with Gasteiger partial charge in [0.15, 0.2) is 11.0 Å². The van der Waals surface area contributed by atoms with E-state index in [4.69, 9.17) is 4.42 Å². The Morgan fingerprint density at radius 2 is 2.04 bits per heavy atom. The van der Waals surface area contributed by atoms with Crippen molar-refractivity contribution in [1.29, 1.82) is 0 Å². The second-order valence-electron chi connectivity index (χ2n) is 5.79. The summed E-state index contributed by atoms with van der Waals surface area (Å²) in [4.78, 5) is 12.2. The van der Waals surface area contributed by atoms with E-state index in [1.54, 1.807) is 12.3 Å². The van der Waals surface area contributed by atoms with Gasteiger partial charge in [0.1, 0.15) is 5.76 Å². The molecule has 0 aliphatic carbocycles. The molecule has 0 saturated heterocycles. The smallest absolute Gasteiger partial charge is 0.233 e. The van der Waals surface area contributed by atoms with Crippen molar-refractivity contribution in [2.24, 2.45) is 7.05 Å². The Morgan fingerprint density at radius 1 is 1.28 bits per heavy atom. The number of carbonyl (C=O) groups is 1. The van der Waals surface area contributed by atoms with Gasteiger partial charge in [-0.25, -0.2) is 0 Å². The standard InChI is InChI=1S/C18H20N4O2S/c1-12-6-8-14(9-7-12)16-20-21-18(22(16)3)25-13(2)17(23)19-11-15-5-4-10-24-15/h4-10,13H,11H2,1-3H3,(H,19,23)/t13-/m0/s1. The summed E-state index contributed by atoms with van der Waals surface area (Å²) in [5, 5.41) is 11.8. The third kappa shape index (κ3) is 4.11. The molecule has 3 aromatic rings. The van der Waals surface area contributed by atoms with E-state index in [0.29, 0.717) is 11.7 Å². The quantitative estimate of drug-likeness (QED) is 0.687. The van der Waals surface area contributed by atoms with Gasteiger partial charge >= 0.3 is 0 Å². The molecular formula is C18H20N4O2S. The minimum absolute atomic E-state index is 0.0683. The van der Waals surface area contributed by atoms with Gasteiger partial charge in [0, 0.05) is 12.6 Å². The Morgan fingerprint density at radius 3 is 2.72 bits per heavy atom. The second kappa shape index (κ2) is 7.57. The molecule has 0 unspecified atom stereocenters. The normalized spacial score (nSPS) is 12.1. The fourth-order valence-corrected chi connectivity index (χ4v) is 3.15.